The Morgan fingerprint density at radius 1 is 1.50 bits per heavy atom. The highest BCUT2D eigenvalue weighted by atomic mass is 35.5. The lowest BCUT2D eigenvalue weighted by Crippen LogP contribution is -2.28. The van der Waals surface area contributed by atoms with Gasteiger partial charge in [0.2, 0.25) is 0 Å². The fraction of sp³-hybridized carbons (Fsp3) is 1.00. The van der Waals surface area contributed by atoms with Crippen molar-refractivity contribution in [1.82, 2.24) is 0 Å². The van der Waals surface area contributed by atoms with Gasteiger partial charge in [-0.2, -0.15) is 0 Å². The van der Waals surface area contributed by atoms with Gasteiger partial charge in [-0.1, -0.05) is 20.3 Å². The van der Waals surface area contributed by atoms with E-state index in [1.54, 1.807) is 0 Å². The number of halogens is 1. The minimum Gasteiger partial charge on any atom is -0.123 e. The number of alkyl halides is 1. The van der Waals surface area contributed by atoms with E-state index in [1.807, 2.05) is 0 Å². The van der Waals surface area contributed by atoms with E-state index < -0.39 is 0 Å². The van der Waals surface area contributed by atoms with Crippen molar-refractivity contribution in [3.8, 4) is 0 Å². The summed E-state index contributed by atoms with van der Waals surface area (Å²) in [5.74, 6) is 1.79. The van der Waals surface area contributed by atoms with Crippen LogP contribution in [0.1, 0.15) is 39.5 Å². The monoisotopic (exact) mass is 160 g/mol. The summed E-state index contributed by atoms with van der Waals surface area (Å²) in [5.41, 5.74) is 0. The molecular weight excluding hydrogens is 144 g/mol. The summed E-state index contributed by atoms with van der Waals surface area (Å²) in [6, 6.07) is 0. The maximum atomic E-state index is 6.15. The third-order valence-electron chi connectivity index (χ3n) is 2.49. The van der Waals surface area contributed by atoms with Gasteiger partial charge in [0.1, 0.15) is 0 Å². The Morgan fingerprint density at radius 3 is 2.50 bits per heavy atom. The summed E-state index contributed by atoms with van der Waals surface area (Å²) in [6.45, 7) is 4.52. The second kappa shape index (κ2) is 3.61. The van der Waals surface area contributed by atoms with Crippen molar-refractivity contribution in [2.24, 2.45) is 11.8 Å². The third kappa shape index (κ3) is 1.88. The molecule has 0 aromatic rings. The zero-order chi connectivity index (χ0) is 7.56. The quantitative estimate of drug-likeness (QED) is 0.555. The molecule has 0 bridgehead atoms. The Labute approximate surface area is 69.0 Å². The molecule has 0 aromatic heterocycles. The molecule has 0 aliphatic heterocycles. The molecule has 1 aliphatic rings. The Bertz CT molecular complexity index is 92.1. The van der Waals surface area contributed by atoms with Crippen LogP contribution < -0.4 is 0 Å². The highest BCUT2D eigenvalue weighted by Gasteiger charge is 2.30. The largest absolute Gasteiger partial charge is 0.123 e. The fourth-order valence-electron chi connectivity index (χ4n) is 1.77. The highest BCUT2D eigenvalue weighted by Crippen LogP contribution is 2.38. The van der Waals surface area contributed by atoms with E-state index in [9.17, 15) is 0 Å². The van der Waals surface area contributed by atoms with Crippen molar-refractivity contribution < 1.29 is 0 Å². The van der Waals surface area contributed by atoms with Gasteiger partial charge >= 0.3 is 0 Å². The molecule has 1 rings (SSSR count). The Balaban J connectivity index is 2.11. The van der Waals surface area contributed by atoms with E-state index in [1.165, 1.54) is 25.7 Å². The van der Waals surface area contributed by atoms with Crippen LogP contribution in [-0.4, -0.2) is 5.38 Å². The second-order valence-electron chi connectivity index (χ2n) is 3.64. The summed E-state index contributed by atoms with van der Waals surface area (Å²) >= 11 is 6.15. The first kappa shape index (κ1) is 8.39. The van der Waals surface area contributed by atoms with Gasteiger partial charge in [-0.25, -0.2) is 0 Å². The maximum Gasteiger partial charge on any atom is 0.0364 e. The van der Waals surface area contributed by atoms with Crippen LogP contribution in [0.5, 0.6) is 0 Å². The molecule has 10 heavy (non-hydrogen) atoms. The lowest BCUT2D eigenvalue weighted by Gasteiger charge is -2.35. The second-order valence-corrected chi connectivity index (χ2v) is 4.20. The minimum atomic E-state index is 0.473. The number of hydrogen-bond acceptors (Lipinski definition) is 0. The molecule has 0 spiro atoms. The molecule has 0 radical (unpaired) electrons. The molecule has 60 valence electrons. The van der Waals surface area contributed by atoms with Gasteiger partial charge in [-0.05, 0) is 31.1 Å². The highest BCUT2D eigenvalue weighted by molar-refractivity contribution is 6.20. The molecule has 0 heterocycles. The van der Waals surface area contributed by atoms with Gasteiger partial charge in [0.05, 0.1) is 0 Å². The third-order valence-corrected chi connectivity index (χ3v) is 3.06. The minimum absolute atomic E-state index is 0.473. The molecule has 1 saturated carbocycles. The molecule has 1 atom stereocenters. The molecular formula is C9H17Cl. The van der Waals surface area contributed by atoms with E-state index in [-0.39, 0.29) is 0 Å². The predicted molar refractivity (Wildman–Crippen MR) is 46.4 cm³/mol. The van der Waals surface area contributed by atoms with Crippen LogP contribution in [0, 0.1) is 11.8 Å². The Hall–Kier alpha value is 0.290. The summed E-state index contributed by atoms with van der Waals surface area (Å²) in [6.07, 6.45) is 5.18. The van der Waals surface area contributed by atoms with Gasteiger partial charge < -0.3 is 0 Å². The SMILES string of the molecule is CCCC(Cl)C1CC(C)C1. The van der Waals surface area contributed by atoms with Crippen LogP contribution in [0.25, 0.3) is 0 Å². The Morgan fingerprint density at radius 2 is 2.10 bits per heavy atom. The average Bonchev–Trinajstić information content (AvgIpc) is 1.82. The van der Waals surface area contributed by atoms with Gasteiger partial charge in [0.25, 0.3) is 0 Å². The van der Waals surface area contributed by atoms with Crippen LogP contribution in [-0.2, 0) is 0 Å². The molecule has 0 amide bonds. The smallest absolute Gasteiger partial charge is 0.0364 e. The first-order valence-corrected chi connectivity index (χ1v) is 4.81. The van der Waals surface area contributed by atoms with Crippen LogP contribution in [0.3, 0.4) is 0 Å². The normalized spacial score (nSPS) is 35.1. The van der Waals surface area contributed by atoms with Crippen LogP contribution in [0.4, 0.5) is 0 Å². The first-order chi connectivity index (χ1) is 4.74. The van der Waals surface area contributed by atoms with E-state index in [2.05, 4.69) is 13.8 Å². The van der Waals surface area contributed by atoms with Crippen LogP contribution >= 0.6 is 11.6 Å². The topological polar surface area (TPSA) is 0 Å². The summed E-state index contributed by atoms with van der Waals surface area (Å²) in [5, 5.41) is 0.473. The van der Waals surface area contributed by atoms with Crippen molar-refractivity contribution in [2.45, 2.75) is 44.9 Å². The summed E-state index contributed by atoms with van der Waals surface area (Å²) in [4.78, 5) is 0. The molecule has 0 saturated heterocycles. The Kier molecular flexibility index (Phi) is 3.03. The van der Waals surface area contributed by atoms with Crippen LogP contribution in [0.15, 0.2) is 0 Å². The van der Waals surface area contributed by atoms with Crippen molar-refractivity contribution >= 4 is 11.6 Å². The standard InChI is InChI=1S/C9H17Cl/c1-3-4-9(10)8-5-7(2)6-8/h7-9H,3-6H2,1-2H3. The van der Waals surface area contributed by atoms with E-state index in [0.717, 1.165) is 11.8 Å². The van der Waals surface area contributed by atoms with Crippen molar-refractivity contribution in [1.29, 1.82) is 0 Å². The van der Waals surface area contributed by atoms with Gasteiger partial charge in [0.15, 0.2) is 0 Å². The summed E-state index contributed by atoms with van der Waals surface area (Å²) < 4.78 is 0. The molecule has 0 N–H and O–H groups in total. The molecule has 0 aromatic carbocycles. The zero-order valence-electron chi connectivity index (χ0n) is 6.94. The molecule has 1 fully saturated rings. The first-order valence-electron chi connectivity index (χ1n) is 4.38. The van der Waals surface area contributed by atoms with Gasteiger partial charge in [0, 0.05) is 5.38 Å². The average molecular weight is 161 g/mol. The molecule has 1 aliphatic carbocycles. The number of hydrogen-bond donors (Lipinski definition) is 0. The number of rotatable bonds is 3. The lowest BCUT2D eigenvalue weighted by molar-refractivity contribution is 0.200. The van der Waals surface area contributed by atoms with Crippen molar-refractivity contribution in [2.75, 3.05) is 0 Å². The van der Waals surface area contributed by atoms with E-state index in [0.29, 0.717) is 5.38 Å². The molecule has 1 heteroatoms. The lowest BCUT2D eigenvalue weighted by atomic mass is 9.73. The molecule has 1 unspecified atom stereocenters. The van der Waals surface area contributed by atoms with Crippen LogP contribution in [0.2, 0.25) is 0 Å². The van der Waals surface area contributed by atoms with Crippen molar-refractivity contribution in [3.63, 3.8) is 0 Å². The van der Waals surface area contributed by atoms with Crippen molar-refractivity contribution in [3.05, 3.63) is 0 Å². The predicted octanol–water partition coefficient (Wildman–Crippen LogP) is 3.44. The van der Waals surface area contributed by atoms with Gasteiger partial charge in [-0.15, -0.1) is 11.6 Å². The van der Waals surface area contributed by atoms with Gasteiger partial charge in [-0.3, -0.25) is 0 Å². The fourth-order valence-corrected chi connectivity index (χ4v) is 2.20. The molecule has 0 nitrogen and oxygen atoms in total. The maximum absolute atomic E-state index is 6.15. The summed E-state index contributed by atoms with van der Waals surface area (Å²) in [7, 11) is 0. The van der Waals surface area contributed by atoms with E-state index in [4.69, 9.17) is 11.6 Å². The zero-order valence-corrected chi connectivity index (χ0v) is 7.69. The van der Waals surface area contributed by atoms with E-state index >= 15 is 0 Å².